The number of aromatic hydroxyl groups is 1. The monoisotopic (exact) mass is 502 g/mol. The normalized spacial score (nSPS) is 30.8. The average Bonchev–Trinajstić information content (AvgIpc) is 3.27. The third-order valence-electron chi connectivity index (χ3n) is 8.35. The van der Waals surface area contributed by atoms with Crippen LogP contribution in [0.4, 0.5) is 9.59 Å². The number of likely N-dealkylation sites (tertiary alicyclic amines) is 2. The Morgan fingerprint density at radius 1 is 0.784 bits per heavy atom. The minimum Gasteiger partial charge on any atom is -0.508 e. The Labute approximate surface area is 209 Å². The first-order valence-corrected chi connectivity index (χ1v) is 11.9. The summed E-state index contributed by atoms with van der Waals surface area (Å²) in [4.78, 5) is 77.8. The van der Waals surface area contributed by atoms with E-state index in [0.717, 1.165) is 5.39 Å². The highest BCUT2D eigenvalue weighted by molar-refractivity contribution is 6.18. The molecule has 0 bridgehead atoms. The number of nitrogens with zero attached hydrogens (tertiary/aromatic N) is 2. The van der Waals surface area contributed by atoms with E-state index in [1.54, 1.807) is 24.3 Å². The molecule has 11 nitrogen and oxygen atoms in total. The maximum absolute atomic E-state index is 13.5. The van der Waals surface area contributed by atoms with Gasteiger partial charge in [0.1, 0.15) is 5.75 Å². The summed E-state index contributed by atoms with van der Waals surface area (Å²) >= 11 is 0. The van der Waals surface area contributed by atoms with Crippen LogP contribution in [0.25, 0.3) is 10.8 Å². The van der Waals surface area contributed by atoms with Crippen molar-refractivity contribution in [1.29, 1.82) is 0 Å². The largest absolute Gasteiger partial charge is 0.508 e. The number of hydrogen-bond acceptors (Lipinski definition) is 7. The van der Waals surface area contributed by atoms with Gasteiger partial charge >= 0.3 is 12.1 Å². The van der Waals surface area contributed by atoms with E-state index < -0.39 is 71.2 Å². The number of rotatable bonds is 1. The maximum Gasteiger partial charge on any atom is 0.328 e. The molecule has 0 aromatic heterocycles. The number of phenolic OH excluding ortho intramolecular Hbond substituents is 1. The molecule has 6 rings (SSSR count). The lowest BCUT2D eigenvalue weighted by molar-refractivity contribution is -0.138. The van der Waals surface area contributed by atoms with Crippen molar-refractivity contribution in [3.8, 4) is 5.75 Å². The SMILES string of the molecule is NC(=O)N1C(=O)[C@H]2[C@H](CC=C3[C@H]2C[C@H]2C(=O)N(C(N)=O)C(=O)[C@H]2[C@H]3c2c(O)ccc3ccccc23)C1=O. The Morgan fingerprint density at radius 2 is 1.41 bits per heavy atom. The Kier molecular flexibility index (Phi) is 4.78. The van der Waals surface area contributed by atoms with E-state index in [9.17, 15) is 33.9 Å². The Bertz CT molecular complexity index is 1500. The molecular formula is C26H22N4O7. The number of nitrogens with two attached hydrogens (primary N) is 2. The van der Waals surface area contributed by atoms with Crippen LogP contribution in [0, 0.1) is 29.6 Å². The van der Waals surface area contributed by atoms with Crippen LogP contribution in [0.3, 0.4) is 0 Å². The molecule has 2 aliphatic carbocycles. The minimum absolute atomic E-state index is 0.000327. The van der Waals surface area contributed by atoms with Crippen LogP contribution in [-0.4, -0.2) is 50.6 Å². The van der Waals surface area contributed by atoms with Crippen LogP contribution in [0.2, 0.25) is 0 Å². The summed E-state index contributed by atoms with van der Waals surface area (Å²) in [7, 11) is 0. The summed E-state index contributed by atoms with van der Waals surface area (Å²) in [6, 6.07) is 8.05. The second kappa shape index (κ2) is 7.73. The first-order chi connectivity index (χ1) is 17.6. The molecule has 2 aliphatic heterocycles. The van der Waals surface area contributed by atoms with Gasteiger partial charge in [0.2, 0.25) is 23.6 Å². The predicted molar refractivity (Wildman–Crippen MR) is 126 cm³/mol. The van der Waals surface area contributed by atoms with Gasteiger partial charge in [-0.25, -0.2) is 9.59 Å². The van der Waals surface area contributed by atoms with Crippen molar-refractivity contribution in [1.82, 2.24) is 9.80 Å². The molecule has 6 atom stereocenters. The highest BCUT2D eigenvalue weighted by atomic mass is 16.3. The fourth-order valence-electron chi connectivity index (χ4n) is 6.96. The number of amides is 8. The molecule has 0 radical (unpaired) electrons. The zero-order valence-electron chi connectivity index (χ0n) is 19.4. The van der Waals surface area contributed by atoms with Gasteiger partial charge in [-0.05, 0) is 35.6 Å². The third kappa shape index (κ3) is 2.93. The molecule has 2 heterocycles. The van der Waals surface area contributed by atoms with Crippen molar-refractivity contribution < 1.29 is 33.9 Å². The maximum atomic E-state index is 13.5. The molecule has 2 aromatic rings. The van der Waals surface area contributed by atoms with Gasteiger partial charge in [-0.3, -0.25) is 19.2 Å². The molecule has 2 aromatic carbocycles. The van der Waals surface area contributed by atoms with Gasteiger partial charge in [0, 0.05) is 11.5 Å². The number of benzene rings is 2. The average molecular weight is 502 g/mol. The second-order valence-electron chi connectivity index (χ2n) is 9.94. The van der Waals surface area contributed by atoms with E-state index in [1.165, 1.54) is 6.07 Å². The molecule has 0 unspecified atom stereocenters. The van der Waals surface area contributed by atoms with Crippen molar-refractivity contribution in [2.75, 3.05) is 0 Å². The zero-order valence-corrected chi connectivity index (χ0v) is 19.4. The number of carbonyl (C=O) groups is 6. The van der Waals surface area contributed by atoms with Gasteiger partial charge in [-0.2, -0.15) is 9.80 Å². The lowest BCUT2D eigenvalue weighted by Gasteiger charge is -2.44. The van der Waals surface area contributed by atoms with Crippen LogP contribution >= 0.6 is 0 Å². The molecule has 5 N–H and O–H groups in total. The molecule has 3 fully saturated rings. The van der Waals surface area contributed by atoms with E-state index in [4.69, 9.17) is 11.5 Å². The van der Waals surface area contributed by atoms with Gasteiger partial charge in [0.15, 0.2) is 0 Å². The Hall–Kier alpha value is -4.54. The number of allylic oxidation sites excluding steroid dienone is 2. The Balaban J connectivity index is 1.58. The number of primary amides is 2. The molecule has 2 saturated heterocycles. The standard InChI is InChI=1S/C26H22N4O7/c27-25(36)29-21(32)13-7-6-12-14(17(13)23(29)34)9-15-20(24(35)30(22(15)33)26(28)37)19(12)18-11-4-2-1-3-10(11)5-8-16(18)31/h1-6,8,13-15,17,19-20,31H,7,9H2,(H2,27,36)(H2,28,37)/t13-,14+,15+,17-,19+,20+/m0/s1. The smallest absolute Gasteiger partial charge is 0.328 e. The first kappa shape index (κ1) is 22.9. The molecule has 0 spiro atoms. The van der Waals surface area contributed by atoms with E-state index in [0.29, 0.717) is 26.3 Å². The molecule has 8 amide bonds. The number of urea groups is 2. The number of imide groups is 6. The summed E-state index contributed by atoms with van der Waals surface area (Å²) in [5.74, 6) is -8.56. The second-order valence-corrected chi connectivity index (χ2v) is 9.94. The number of hydrogen-bond donors (Lipinski definition) is 3. The van der Waals surface area contributed by atoms with E-state index in [1.807, 2.05) is 12.1 Å². The molecule has 37 heavy (non-hydrogen) atoms. The highest BCUT2D eigenvalue weighted by Gasteiger charge is 2.63. The molecule has 188 valence electrons. The van der Waals surface area contributed by atoms with Crippen molar-refractivity contribution in [2.24, 2.45) is 41.1 Å². The fourth-order valence-corrected chi connectivity index (χ4v) is 6.96. The summed E-state index contributed by atoms with van der Waals surface area (Å²) in [6.45, 7) is 0. The van der Waals surface area contributed by atoms with Gasteiger partial charge in [-0.15, -0.1) is 0 Å². The summed E-state index contributed by atoms with van der Waals surface area (Å²) in [5, 5.41) is 12.5. The van der Waals surface area contributed by atoms with Crippen molar-refractivity contribution in [2.45, 2.75) is 18.8 Å². The Morgan fingerprint density at radius 3 is 2.08 bits per heavy atom. The number of fused-ring (bicyclic) bond motifs is 5. The van der Waals surface area contributed by atoms with Crippen molar-refractivity contribution in [3.05, 3.63) is 53.6 Å². The van der Waals surface area contributed by atoms with Crippen molar-refractivity contribution in [3.63, 3.8) is 0 Å². The van der Waals surface area contributed by atoms with Crippen LogP contribution in [0.15, 0.2) is 48.0 Å². The van der Waals surface area contributed by atoms with E-state index in [-0.39, 0.29) is 18.6 Å². The van der Waals surface area contributed by atoms with E-state index >= 15 is 0 Å². The molecule has 11 heteroatoms. The van der Waals surface area contributed by atoms with Gasteiger partial charge in [0.25, 0.3) is 0 Å². The molecule has 4 aliphatic rings. The first-order valence-electron chi connectivity index (χ1n) is 11.9. The van der Waals surface area contributed by atoms with Gasteiger partial charge in [0.05, 0.1) is 23.7 Å². The highest BCUT2D eigenvalue weighted by Crippen LogP contribution is 2.59. The van der Waals surface area contributed by atoms with E-state index in [2.05, 4.69) is 0 Å². The quantitative estimate of drug-likeness (QED) is 0.388. The molecule has 1 saturated carbocycles. The predicted octanol–water partition coefficient (Wildman–Crippen LogP) is 1.34. The summed E-state index contributed by atoms with van der Waals surface area (Å²) in [6.07, 6.45) is 1.87. The lowest BCUT2D eigenvalue weighted by Crippen LogP contribution is -2.44. The fraction of sp³-hybridized carbons (Fsp3) is 0.308. The third-order valence-corrected chi connectivity index (χ3v) is 8.35. The van der Waals surface area contributed by atoms with Gasteiger partial charge < -0.3 is 16.6 Å². The van der Waals surface area contributed by atoms with Gasteiger partial charge in [-0.1, -0.05) is 42.0 Å². The summed E-state index contributed by atoms with van der Waals surface area (Å²) in [5.41, 5.74) is 11.7. The van der Waals surface area contributed by atoms with Crippen LogP contribution in [-0.2, 0) is 19.2 Å². The van der Waals surface area contributed by atoms with Crippen LogP contribution < -0.4 is 11.5 Å². The number of phenols is 1. The van der Waals surface area contributed by atoms with Crippen LogP contribution in [0.1, 0.15) is 24.3 Å². The minimum atomic E-state index is -1.20. The zero-order chi connectivity index (χ0) is 26.3. The number of carbonyl (C=O) groups excluding carboxylic acids is 6. The van der Waals surface area contributed by atoms with Crippen LogP contribution in [0.5, 0.6) is 5.75 Å². The van der Waals surface area contributed by atoms with Crippen molar-refractivity contribution >= 4 is 46.5 Å². The lowest BCUT2D eigenvalue weighted by atomic mass is 9.56. The molecular weight excluding hydrogens is 480 g/mol. The summed E-state index contributed by atoms with van der Waals surface area (Å²) < 4.78 is 0. The topological polar surface area (TPSA) is 181 Å².